The standard InChI is InChI=1S/C12H9F3N2O2/c13-12(14,15)7-4-5-10(17-6-7)19-9-3-1-2-8(18)11(9)16/h1-6,18H,16H2. The zero-order valence-electron chi connectivity index (χ0n) is 9.48. The van der Waals surface area contributed by atoms with Gasteiger partial charge in [0.15, 0.2) is 5.75 Å². The first-order valence-corrected chi connectivity index (χ1v) is 5.16. The summed E-state index contributed by atoms with van der Waals surface area (Å²) in [5.74, 6) is -0.109. The summed E-state index contributed by atoms with van der Waals surface area (Å²) >= 11 is 0. The highest BCUT2D eigenvalue weighted by Crippen LogP contribution is 2.34. The van der Waals surface area contributed by atoms with Gasteiger partial charge in [-0.3, -0.25) is 0 Å². The fourth-order valence-corrected chi connectivity index (χ4v) is 1.34. The second-order valence-corrected chi connectivity index (χ2v) is 3.67. The van der Waals surface area contributed by atoms with Gasteiger partial charge in [-0.1, -0.05) is 6.07 Å². The Bertz CT molecular complexity index is 583. The van der Waals surface area contributed by atoms with E-state index in [9.17, 15) is 18.3 Å². The monoisotopic (exact) mass is 270 g/mol. The van der Waals surface area contributed by atoms with E-state index in [0.29, 0.717) is 6.20 Å². The zero-order chi connectivity index (χ0) is 14.0. The number of phenolic OH excluding ortho intramolecular Hbond substituents is 1. The number of halogens is 3. The molecule has 0 aliphatic rings. The molecular formula is C12H9F3N2O2. The molecule has 0 unspecified atom stereocenters. The number of aromatic hydroxyl groups is 1. The van der Waals surface area contributed by atoms with Crippen LogP contribution in [0.1, 0.15) is 5.56 Å². The zero-order valence-corrected chi connectivity index (χ0v) is 9.48. The number of aromatic nitrogens is 1. The lowest BCUT2D eigenvalue weighted by Crippen LogP contribution is -2.05. The second kappa shape index (κ2) is 4.68. The average Bonchev–Trinajstić information content (AvgIpc) is 2.35. The van der Waals surface area contributed by atoms with Gasteiger partial charge in [-0.05, 0) is 18.2 Å². The van der Waals surface area contributed by atoms with Crippen LogP contribution < -0.4 is 10.5 Å². The van der Waals surface area contributed by atoms with E-state index in [2.05, 4.69) is 4.98 Å². The van der Waals surface area contributed by atoms with E-state index in [1.165, 1.54) is 18.2 Å². The summed E-state index contributed by atoms with van der Waals surface area (Å²) < 4.78 is 42.2. The first-order valence-electron chi connectivity index (χ1n) is 5.16. The van der Waals surface area contributed by atoms with Crippen molar-refractivity contribution in [3.05, 3.63) is 42.1 Å². The Labute approximate surface area is 106 Å². The van der Waals surface area contributed by atoms with Crippen molar-refractivity contribution in [1.82, 2.24) is 4.98 Å². The maximum atomic E-state index is 12.3. The Morgan fingerprint density at radius 2 is 1.89 bits per heavy atom. The molecule has 2 aromatic rings. The van der Waals surface area contributed by atoms with E-state index in [1.807, 2.05) is 0 Å². The van der Waals surface area contributed by atoms with E-state index in [4.69, 9.17) is 10.5 Å². The van der Waals surface area contributed by atoms with Crippen LogP contribution in [0.5, 0.6) is 17.4 Å². The molecule has 0 atom stereocenters. The minimum atomic E-state index is -4.45. The lowest BCUT2D eigenvalue weighted by molar-refractivity contribution is -0.137. The van der Waals surface area contributed by atoms with Crippen LogP contribution in [0.2, 0.25) is 0 Å². The fourth-order valence-electron chi connectivity index (χ4n) is 1.34. The van der Waals surface area contributed by atoms with Gasteiger partial charge in [0.1, 0.15) is 11.4 Å². The summed E-state index contributed by atoms with van der Waals surface area (Å²) in [4.78, 5) is 3.53. The molecule has 0 aliphatic carbocycles. The van der Waals surface area contributed by atoms with Gasteiger partial charge in [-0.25, -0.2) is 4.98 Å². The molecule has 1 aromatic heterocycles. The number of nitrogen functional groups attached to an aromatic ring is 1. The normalized spacial score (nSPS) is 11.3. The highest BCUT2D eigenvalue weighted by molar-refractivity contribution is 5.62. The third-order valence-corrected chi connectivity index (χ3v) is 2.32. The van der Waals surface area contributed by atoms with Gasteiger partial charge in [0.2, 0.25) is 5.88 Å². The third kappa shape index (κ3) is 2.87. The Kier molecular flexibility index (Phi) is 3.20. The molecule has 100 valence electrons. The topological polar surface area (TPSA) is 68.4 Å². The smallest absolute Gasteiger partial charge is 0.417 e. The summed E-state index contributed by atoms with van der Waals surface area (Å²) in [6, 6.07) is 6.25. The number of pyridine rings is 1. The number of phenols is 1. The van der Waals surface area contributed by atoms with Gasteiger partial charge in [0.05, 0.1) is 5.56 Å². The molecule has 3 N–H and O–H groups in total. The summed E-state index contributed by atoms with van der Waals surface area (Å²) in [6.07, 6.45) is -3.79. The van der Waals surface area contributed by atoms with Gasteiger partial charge in [0.25, 0.3) is 0 Å². The van der Waals surface area contributed by atoms with E-state index in [1.54, 1.807) is 0 Å². The third-order valence-electron chi connectivity index (χ3n) is 2.32. The highest BCUT2D eigenvalue weighted by Gasteiger charge is 2.30. The van der Waals surface area contributed by atoms with Gasteiger partial charge < -0.3 is 15.6 Å². The van der Waals surface area contributed by atoms with Gasteiger partial charge in [-0.15, -0.1) is 0 Å². The van der Waals surface area contributed by atoms with Crippen LogP contribution in [0.4, 0.5) is 18.9 Å². The average molecular weight is 270 g/mol. The van der Waals surface area contributed by atoms with Crippen molar-refractivity contribution in [1.29, 1.82) is 0 Å². The number of hydrogen-bond acceptors (Lipinski definition) is 4. The predicted molar refractivity (Wildman–Crippen MR) is 61.8 cm³/mol. The summed E-state index contributed by atoms with van der Waals surface area (Å²) in [7, 11) is 0. The van der Waals surface area contributed by atoms with Crippen molar-refractivity contribution in [2.45, 2.75) is 6.18 Å². The number of para-hydroxylation sites is 1. The number of ether oxygens (including phenoxy) is 1. The number of nitrogens with two attached hydrogens (primary N) is 1. The molecule has 4 nitrogen and oxygen atoms in total. The maximum absolute atomic E-state index is 12.3. The molecule has 1 heterocycles. The van der Waals surface area contributed by atoms with Crippen molar-refractivity contribution in [3.8, 4) is 17.4 Å². The van der Waals surface area contributed by atoms with E-state index in [0.717, 1.165) is 12.1 Å². The molecule has 0 radical (unpaired) electrons. The Hall–Kier alpha value is -2.44. The SMILES string of the molecule is Nc1c(O)cccc1Oc1ccc(C(F)(F)F)cn1. The largest absolute Gasteiger partial charge is 0.506 e. The predicted octanol–water partition coefficient (Wildman–Crippen LogP) is 3.18. The van der Waals surface area contributed by atoms with Crippen molar-refractivity contribution in [3.63, 3.8) is 0 Å². The van der Waals surface area contributed by atoms with Crippen LogP contribution >= 0.6 is 0 Å². The van der Waals surface area contributed by atoms with Crippen molar-refractivity contribution >= 4 is 5.69 Å². The molecule has 0 spiro atoms. The molecule has 0 amide bonds. The van der Waals surface area contributed by atoms with Gasteiger partial charge >= 0.3 is 6.18 Å². The minimum Gasteiger partial charge on any atom is -0.506 e. The Morgan fingerprint density at radius 1 is 1.16 bits per heavy atom. The van der Waals surface area contributed by atoms with Gasteiger partial charge in [-0.2, -0.15) is 13.2 Å². The quantitative estimate of drug-likeness (QED) is 0.649. The van der Waals surface area contributed by atoms with E-state index >= 15 is 0 Å². The molecule has 1 aromatic carbocycles. The van der Waals surface area contributed by atoms with Crippen LogP contribution in [-0.2, 0) is 6.18 Å². The molecule has 0 saturated heterocycles. The molecule has 19 heavy (non-hydrogen) atoms. The van der Waals surface area contributed by atoms with E-state index in [-0.39, 0.29) is 23.1 Å². The Balaban J connectivity index is 2.23. The second-order valence-electron chi connectivity index (χ2n) is 3.67. The number of alkyl halides is 3. The Morgan fingerprint density at radius 3 is 2.47 bits per heavy atom. The van der Waals surface area contributed by atoms with Gasteiger partial charge in [0, 0.05) is 12.3 Å². The van der Waals surface area contributed by atoms with Crippen LogP contribution in [0, 0.1) is 0 Å². The van der Waals surface area contributed by atoms with E-state index < -0.39 is 11.7 Å². The summed E-state index contributed by atoms with van der Waals surface area (Å²) in [5, 5.41) is 9.35. The van der Waals surface area contributed by atoms with Crippen molar-refractivity contribution < 1.29 is 23.0 Å². The molecular weight excluding hydrogens is 261 g/mol. The lowest BCUT2D eigenvalue weighted by Gasteiger charge is -2.10. The lowest BCUT2D eigenvalue weighted by atomic mass is 10.2. The van der Waals surface area contributed by atoms with Crippen LogP contribution in [0.15, 0.2) is 36.5 Å². The number of hydrogen-bond donors (Lipinski definition) is 2. The van der Waals surface area contributed by atoms with Crippen molar-refractivity contribution in [2.75, 3.05) is 5.73 Å². The number of nitrogens with zero attached hydrogens (tertiary/aromatic N) is 1. The van der Waals surface area contributed by atoms with Crippen LogP contribution in [-0.4, -0.2) is 10.1 Å². The minimum absolute atomic E-state index is 0.0100. The molecule has 0 bridgehead atoms. The number of anilines is 1. The molecule has 7 heteroatoms. The van der Waals surface area contributed by atoms with Crippen LogP contribution in [0.3, 0.4) is 0 Å². The number of rotatable bonds is 2. The highest BCUT2D eigenvalue weighted by atomic mass is 19.4. The first kappa shape index (κ1) is 13.0. The van der Waals surface area contributed by atoms with Crippen LogP contribution in [0.25, 0.3) is 0 Å². The van der Waals surface area contributed by atoms with Crippen molar-refractivity contribution in [2.24, 2.45) is 0 Å². The maximum Gasteiger partial charge on any atom is 0.417 e. The first-order chi connectivity index (χ1) is 8.88. The number of benzene rings is 1. The molecule has 0 saturated carbocycles. The summed E-state index contributed by atoms with van der Waals surface area (Å²) in [6.45, 7) is 0. The molecule has 0 fully saturated rings. The molecule has 0 aliphatic heterocycles. The summed E-state index contributed by atoms with van der Waals surface area (Å²) in [5.41, 5.74) is 4.67. The molecule has 2 rings (SSSR count). The fraction of sp³-hybridized carbons (Fsp3) is 0.0833.